The van der Waals surface area contributed by atoms with E-state index in [1.54, 1.807) is 25.1 Å². The van der Waals surface area contributed by atoms with Gasteiger partial charge < -0.3 is 15.4 Å². The number of nitrogens with one attached hydrogen (secondary N) is 2. The molecule has 0 aliphatic rings. The number of aliphatic hydroxyl groups excluding tert-OH is 1. The van der Waals surface area contributed by atoms with Crippen LogP contribution in [0.5, 0.6) is 0 Å². The third-order valence-electron chi connectivity index (χ3n) is 2.99. The van der Waals surface area contributed by atoms with E-state index in [4.69, 9.17) is 0 Å². The summed E-state index contributed by atoms with van der Waals surface area (Å²) in [7, 11) is 0. The number of aromatic nitrogens is 1. The Morgan fingerprint density at radius 1 is 1.25 bits per heavy atom. The molecule has 1 aromatic carbocycles. The maximum absolute atomic E-state index is 12.1. The van der Waals surface area contributed by atoms with Crippen molar-refractivity contribution in [3.8, 4) is 0 Å². The maximum Gasteiger partial charge on any atom is 0.260 e. The van der Waals surface area contributed by atoms with E-state index in [0.29, 0.717) is 5.69 Å². The second-order valence-corrected chi connectivity index (χ2v) is 4.50. The minimum atomic E-state index is -0.538. The average Bonchev–Trinajstić information content (AvgIpc) is 2.45. The Morgan fingerprint density at radius 2 is 1.95 bits per heavy atom. The van der Waals surface area contributed by atoms with Gasteiger partial charge in [-0.1, -0.05) is 30.3 Å². The molecular formula is C15H16N2O3. The zero-order valence-corrected chi connectivity index (χ0v) is 11.1. The fourth-order valence-corrected chi connectivity index (χ4v) is 1.91. The van der Waals surface area contributed by atoms with E-state index < -0.39 is 17.5 Å². The molecule has 2 rings (SSSR count). The first-order chi connectivity index (χ1) is 9.61. The Bertz CT molecular complexity index is 650. The highest BCUT2D eigenvalue weighted by molar-refractivity contribution is 5.94. The molecule has 0 aliphatic carbocycles. The highest BCUT2D eigenvalue weighted by Gasteiger charge is 2.16. The smallest absolute Gasteiger partial charge is 0.260 e. The van der Waals surface area contributed by atoms with Crippen molar-refractivity contribution in [3.63, 3.8) is 0 Å². The van der Waals surface area contributed by atoms with E-state index in [9.17, 15) is 14.7 Å². The number of hydrogen-bond acceptors (Lipinski definition) is 3. The Kier molecular flexibility index (Phi) is 4.32. The number of rotatable bonds is 4. The minimum absolute atomic E-state index is 0.0324. The van der Waals surface area contributed by atoms with E-state index >= 15 is 0 Å². The number of carbonyl (C=O) groups is 1. The summed E-state index contributed by atoms with van der Waals surface area (Å²) in [5.74, 6) is -0.505. The summed E-state index contributed by atoms with van der Waals surface area (Å²) < 4.78 is 0. The highest BCUT2D eigenvalue weighted by Crippen LogP contribution is 2.12. The van der Waals surface area contributed by atoms with Crippen LogP contribution in [-0.4, -0.2) is 22.6 Å². The Hall–Kier alpha value is -2.40. The van der Waals surface area contributed by atoms with Crippen molar-refractivity contribution < 1.29 is 9.90 Å². The van der Waals surface area contributed by atoms with E-state index in [1.807, 2.05) is 18.2 Å². The lowest BCUT2D eigenvalue weighted by Crippen LogP contribution is -2.34. The molecule has 1 heterocycles. The fourth-order valence-electron chi connectivity index (χ4n) is 1.91. The molecule has 2 aromatic rings. The van der Waals surface area contributed by atoms with Gasteiger partial charge in [-0.25, -0.2) is 0 Å². The molecule has 1 unspecified atom stereocenters. The number of aryl methyl sites for hydroxylation is 1. The van der Waals surface area contributed by atoms with Crippen LogP contribution in [0.2, 0.25) is 0 Å². The molecule has 0 radical (unpaired) electrons. The molecular weight excluding hydrogens is 256 g/mol. The molecule has 1 aromatic heterocycles. The van der Waals surface area contributed by atoms with E-state index in [1.165, 1.54) is 6.07 Å². The van der Waals surface area contributed by atoms with Gasteiger partial charge in [-0.15, -0.1) is 0 Å². The molecule has 5 heteroatoms. The van der Waals surface area contributed by atoms with Gasteiger partial charge in [0.2, 0.25) is 0 Å². The predicted molar refractivity (Wildman–Crippen MR) is 75.5 cm³/mol. The number of H-pyrrole nitrogens is 1. The first-order valence-corrected chi connectivity index (χ1v) is 6.28. The van der Waals surface area contributed by atoms with Crippen LogP contribution in [0.4, 0.5) is 0 Å². The zero-order valence-electron chi connectivity index (χ0n) is 11.1. The third kappa shape index (κ3) is 3.13. The monoisotopic (exact) mass is 272 g/mol. The van der Waals surface area contributed by atoms with Crippen LogP contribution < -0.4 is 10.9 Å². The van der Waals surface area contributed by atoms with E-state index in [2.05, 4.69) is 10.3 Å². The van der Waals surface area contributed by atoms with Gasteiger partial charge in [-0.3, -0.25) is 9.59 Å². The van der Waals surface area contributed by atoms with Gasteiger partial charge in [0.15, 0.2) is 0 Å². The third-order valence-corrected chi connectivity index (χ3v) is 2.99. The zero-order chi connectivity index (χ0) is 14.5. The second-order valence-electron chi connectivity index (χ2n) is 4.50. The summed E-state index contributed by atoms with van der Waals surface area (Å²) in [6.45, 7) is 1.50. The number of carbonyl (C=O) groups excluding carboxylic acids is 1. The van der Waals surface area contributed by atoms with Crippen molar-refractivity contribution in [3.05, 3.63) is 69.6 Å². The van der Waals surface area contributed by atoms with Crippen molar-refractivity contribution in [1.29, 1.82) is 0 Å². The number of pyridine rings is 1. The van der Waals surface area contributed by atoms with E-state index in [-0.39, 0.29) is 12.2 Å². The van der Waals surface area contributed by atoms with Crippen molar-refractivity contribution in [2.75, 3.05) is 6.61 Å². The summed E-state index contributed by atoms with van der Waals surface area (Å²) >= 11 is 0. The number of aliphatic hydroxyl groups is 1. The summed E-state index contributed by atoms with van der Waals surface area (Å²) in [6.07, 6.45) is 0. The van der Waals surface area contributed by atoms with Crippen LogP contribution in [0.25, 0.3) is 0 Å². The lowest BCUT2D eigenvalue weighted by Gasteiger charge is -2.16. The van der Waals surface area contributed by atoms with Crippen LogP contribution in [0.1, 0.15) is 27.7 Å². The average molecular weight is 272 g/mol. The summed E-state index contributed by atoms with van der Waals surface area (Å²) in [5.41, 5.74) is 1.07. The number of benzene rings is 1. The number of amides is 1. The maximum atomic E-state index is 12.1. The first kappa shape index (κ1) is 14.0. The topological polar surface area (TPSA) is 82.2 Å². The molecule has 1 amide bonds. The molecule has 0 saturated carbocycles. The molecule has 0 spiro atoms. The lowest BCUT2D eigenvalue weighted by atomic mass is 10.1. The molecule has 20 heavy (non-hydrogen) atoms. The fraction of sp³-hybridized carbons (Fsp3) is 0.200. The van der Waals surface area contributed by atoms with Gasteiger partial charge in [0.05, 0.1) is 12.6 Å². The van der Waals surface area contributed by atoms with Gasteiger partial charge in [0, 0.05) is 5.69 Å². The van der Waals surface area contributed by atoms with Gasteiger partial charge in [-0.2, -0.15) is 0 Å². The molecule has 0 fully saturated rings. The number of hydrogen-bond donors (Lipinski definition) is 3. The van der Waals surface area contributed by atoms with Crippen molar-refractivity contribution >= 4 is 5.91 Å². The van der Waals surface area contributed by atoms with Crippen molar-refractivity contribution in [2.45, 2.75) is 13.0 Å². The number of aromatic amines is 1. The van der Waals surface area contributed by atoms with E-state index in [0.717, 1.165) is 5.56 Å². The largest absolute Gasteiger partial charge is 0.394 e. The normalized spacial score (nSPS) is 11.9. The SMILES string of the molecule is Cc1ccc(C(=O)NC(CO)c2ccccc2)c(=O)[nH]1. The van der Waals surface area contributed by atoms with Gasteiger partial charge in [0.25, 0.3) is 11.5 Å². The van der Waals surface area contributed by atoms with Crippen molar-refractivity contribution in [1.82, 2.24) is 10.3 Å². The predicted octanol–water partition coefficient (Wildman–Crippen LogP) is 1.15. The van der Waals surface area contributed by atoms with Crippen LogP contribution in [-0.2, 0) is 0 Å². The van der Waals surface area contributed by atoms with Crippen LogP contribution in [0.3, 0.4) is 0 Å². The van der Waals surface area contributed by atoms with Crippen molar-refractivity contribution in [2.24, 2.45) is 0 Å². The summed E-state index contributed by atoms with van der Waals surface area (Å²) in [4.78, 5) is 26.4. The Balaban J connectivity index is 2.20. The summed E-state index contributed by atoms with van der Waals surface area (Å²) in [5, 5.41) is 12.0. The molecule has 1 atom stereocenters. The quantitative estimate of drug-likeness (QED) is 0.780. The minimum Gasteiger partial charge on any atom is -0.394 e. The standard InChI is InChI=1S/C15H16N2O3/c1-10-7-8-12(14(19)16-10)15(20)17-13(9-18)11-5-3-2-4-6-11/h2-8,13,18H,9H2,1H3,(H,16,19)(H,17,20). The molecule has 5 nitrogen and oxygen atoms in total. The molecule has 0 saturated heterocycles. The molecule has 0 bridgehead atoms. The Morgan fingerprint density at radius 3 is 2.55 bits per heavy atom. The molecule has 3 N–H and O–H groups in total. The molecule has 0 aliphatic heterocycles. The second kappa shape index (κ2) is 6.16. The first-order valence-electron chi connectivity index (χ1n) is 6.28. The van der Waals surface area contributed by atoms with Crippen LogP contribution >= 0.6 is 0 Å². The van der Waals surface area contributed by atoms with Crippen LogP contribution in [0.15, 0.2) is 47.3 Å². The van der Waals surface area contributed by atoms with Gasteiger partial charge in [-0.05, 0) is 24.6 Å². The van der Waals surface area contributed by atoms with Crippen LogP contribution in [0, 0.1) is 6.92 Å². The van der Waals surface area contributed by atoms with Gasteiger partial charge in [0.1, 0.15) is 5.56 Å². The van der Waals surface area contributed by atoms with Gasteiger partial charge >= 0.3 is 0 Å². The highest BCUT2D eigenvalue weighted by atomic mass is 16.3. The molecule has 104 valence electrons. The summed E-state index contributed by atoms with van der Waals surface area (Å²) in [6, 6.07) is 11.7. The lowest BCUT2D eigenvalue weighted by molar-refractivity contribution is 0.0914. The Labute approximate surface area is 116 Å².